The van der Waals surface area contributed by atoms with E-state index < -0.39 is 0 Å². The van der Waals surface area contributed by atoms with E-state index in [0.717, 1.165) is 36.5 Å². The third-order valence-electron chi connectivity index (χ3n) is 4.39. The highest BCUT2D eigenvalue weighted by molar-refractivity contribution is 5.75. The number of allylic oxidation sites excluding steroid dienone is 5. The Labute approximate surface area is 152 Å². The zero-order chi connectivity index (χ0) is 17.7. The van der Waals surface area contributed by atoms with Crippen LogP contribution in [0.2, 0.25) is 0 Å². The number of likely N-dealkylation sites (tertiary alicyclic amines) is 1. The summed E-state index contributed by atoms with van der Waals surface area (Å²) >= 11 is 0. The minimum absolute atomic E-state index is 0.0594. The van der Waals surface area contributed by atoms with Crippen LogP contribution in [0, 0.1) is 0 Å². The molecule has 136 valence electrons. The van der Waals surface area contributed by atoms with Crippen molar-refractivity contribution in [1.29, 1.82) is 0 Å². The number of rotatable bonds is 9. The quantitative estimate of drug-likeness (QED) is 0.532. The number of nitrogens with zero attached hydrogens (tertiary/aromatic N) is 1. The number of piperidine rings is 1. The van der Waals surface area contributed by atoms with E-state index in [1.165, 1.54) is 32.4 Å². The van der Waals surface area contributed by atoms with Crippen molar-refractivity contribution in [3.63, 3.8) is 0 Å². The second kappa shape index (κ2) is 11.7. The molecule has 3 heteroatoms. The van der Waals surface area contributed by atoms with Gasteiger partial charge in [0.1, 0.15) is 5.75 Å². The molecule has 0 unspecified atom stereocenters. The molecule has 1 saturated heterocycles. The van der Waals surface area contributed by atoms with E-state index in [1.54, 1.807) is 6.08 Å². The number of ether oxygens (including phenoxy) is 1. The lowest BCUT2D eigenvalue weighted by molar-refractivity contribution is 0.205. The Bertz CT molecular complexity index is 566. The van der Waals surface area contributed by atoms with Gasteiger partial charge in [-0.05, 0) is 62.5 Å². The number of aliphatic hydroxyl groups excluding tert-OH is 1. The Kier molecular flexibility index (Phi) is 9.09. The predicted octanol–water partition coefficient (Wildman–Crippen LogP) is 4.45. The van der Waals surface area contributed by atoms with Gasteiger partial charge in [0.25, 0.3) is 0 Å². The molecule has 3 nitrogen and oxygen atoms in total. The first-order valence-electron chi connectivity index (χ1n) is 9.39. The standard InChI is InChI=1S/C22H31NO2/c1-2-9-20(10-4-7-18-24)21-11-13-22(14-12-21)25-19-8-17-23-15-5-3-6-16-23/h2,4,7,9-14,24H,3,5-6,8,15-19H2,1H3/b7-4+,9-2-,20-10+. The normalized spacial score (nSPS) is 16.8. The monoisotopic (exact) mass is 341 g/mol. The molecule has 0 amide bonds. The van der Waals surface area contributed by atoms with E-state index in [9.17, 15) is 0 Å². The summed E-state index contributed by atoms with van der Waals surface area (Å²) in [7, 11) is 0. The predicted molar refractivity (Wildman–Crippen MR) is 106 cm³/mol. The smallest absolute Gasteiger partial charge is 0.119 e. The molecule has 0 saturated carbocycles. The van der Waals surface area contributed by atoms with Gasteiger partial charge in [-0.15, -0.1) is 0 Å². The summed E-state index contributed by atoms with van der Waals surface area (Å²) in [5.41, 5.74) is 2.25. The maximum absolute atomic E-state index is 8.85. The first-order valence-corrected chi connectivity index (χ1v) is 9.39. The van der Waals surface area contributed by atoms with Crippen LogP contribution >= 0.6 is 0 Å². The van der Waals surface area contributed by atoms with Crippen molar-refractivity contribution in [2.45, 2.75) is 32.6 Å². The Balaban J connectivity index is 1.81. The molecule has 1 aromatic carbocycles. The Morgan fingerprint density at radius 1 is 1.16 bits per heavy atom. The molecule has 1 heterocycles. The summed E-state index contributed by atoms with van der Waals surface area (Å²) in [6.45, 7) is 6.47. The highest BCUT2D eigenvalue weighted by atomic mass is 16.5. The molecule has 0 aliphatic carbocycles. The van der Waals surface area contributed by atoms with Crippen molar-refractivity contribution in [2.24, 2.45) is 0 Å². The van der Waals surface area contributed by atoms with Gasteiger partial charge in [0.05, 0.1) is 13.2 Å². The van der Waals surface area contributed by atoms with Crippen LogP contribution in [0.25, 0.3) is 5.57 Å². The van der Waals surface area contributed by atoms with Crippen LogP contribution in [-0.4, -0.2) is 42.9 Å². The van der Waals surface area contributed by atoms with Crippen LogP contribution in [-0.2, 0) is 0 Å². The molecular formula is C22H31NO2. The fourth-order valence-electron chi connectivity index (χ4n) is 3.06. The Morgan fingerprint density at radius 2 is 1.92 bits per heavy atom. The minimum Gasteiger partial charge on any atom is -0.494 e. The van der Waals surface area contributed by atoms with Crippen LogP contribution in [0.3, 0.4) is 0 Å². The van der Waals surface area contributed by atoms with Crippen molar-refractivity contribution in [3.05, 3.63) is 60.2 Å². The first kappa shape index (κ1) is 19.5. The molecule has 0 spiro atoms. The maximum Gasteiger partial charge on any atom is 0.119 e. The summed E-state index contributed by atoms with van der Waals surface area (Å²) in [4.78, 5) is 2.55. The van der Waals surface area contributed by atoms with Crippen LogP contribution < -0.4 is 4.74 Å². The van der Waals surface area contributed by atoms with Crippen LogP contribution in [0.4, 0.5) is 0 Å². The third kappa shape index (κ3) is 7.29. The molecule has 0 atom stereocenters. The van der Waals surface area contributed by atoms with Crippen molar-refractivity contribution < 1.29 is 9.84 Å². The lowest BCUT2D eigenvalue weighted by Crippen LogP contribution is -2.31. The Hall–Kier alpha value is -1.84. The van der Waals surface area contributed by atoms with Gasteiger partial charge < -0.3 is 14.7 Å². The van der Waals surface area contributed by atoms with E-state index in [4.69, 9.17) is 9.84 Å². The minimum atomic E-state index is 0.0594. The summed E-state index contributed by atoms with van der Waals surface area (Å²) < 4.78 is 5.88. The van der Waals surface area contributed by atoms with Crippen molar-refractivity contribution in [2.75, 3.05) is 32.8 Å². The summed E-state index contributed by atoms with van der Waals surface area (Å²) in [6, 6.07) is 8.23. The molecule has 0 aromatic heterocycles. The molecule has 1 N–H and O–H groups in total. The average Bonchev–Trinajstić information content (AvgIpc) is 2.66. The molecular weight excluding hydrogens is 310 g/mol. The van der Waals surface area contributed by atoms with Crippen molar-refractivity contribution >= 4 is 5.57 Å². The van der Waals surface area contributed by atoms with Crippen LogP contribution in [0.1, 0.15) is 38.2 Å². The van der Waals surface area contributed by atoms with Gasteiger partial charge in [0, 0.05) is 6.54 Å². The largest absolute Gasteiger partial charge is 0.494 e. The fourth-order valence-corrected chi connectivity index (χ4v) is 3.06. The van der Waals surface area contributed by atoms with Gasteiger partial charge >= 0.3 is 0 Å². The van der Waals surface area contributed by atoms with E-state index >= 15 is 0 Å². The van der Waals surface area contributed by atoms with Crippen LogP contribution in [0.5, 0.6) is 5.75 Å². The Morgan fingerprint density at radius 3 is 2.60 bits per heavy atom. The second-order valence-electron chi connectivity index (χ2n) is 6.36. The van der Waals surface area contributed by atoms with Gasteiger partial charge in [-0.2, -0.15) is 0 Å². The van der Waals surface area contributed by atoms with Crippen LogP contribution in [0.15, 0.2) is 54.6 Å². The SMILES string of the molecule is C\C=C/C(=C\C=C\CO)c1ccc(OCCCN2CCCCC2)cc1. The zero-order valence-corrected chi connectivity index (χ0v) is 15.4. The first-order chi connectivity index (χ1) is 12.3. The van der Waals surface area contributed by atoms with Crippen molar-refractivity contribution in [3.8, 4) is 5.75 Å². The average molecular weight is 341 g/mol. The fraction of sp³-hybridized carbons (Fsp3) is 0.455. The van der Waals surface area contributed by atoms with Gasteiger partial charge in [-0.1, -0.05) is 48.9 Å². The molecule has 0 bridgehead atoms. The highest BCUT2D eigenvalue weighted by Crippen LogP contribution is 2.20. The number of hydrogen-bond donors (Lipinski definition) is 1. The van der Waals surface area contributed by atoms with E-state index in [2.05, 4.69) is 23.1 Å². The topological polar surface area (TPSA) is 32.7 Å². The highest BCUT2D eigenvalue weighted by Gasteiger charge is 2.09. The van der Waals surface area contributed by atoms with Gasteiger partial charge in [0.15, 0.2) is 0 Å². The molecule has 1 aliphatic rings. The molecule has 1 aromatic rings. The zero-order valence-electron chi connectivity index (χ0n) is 15.4. The van der Waals surface area contributed by atoms with Gasteiger partial charge in [0.2, 0.25) is 0 Å². The third-order valence-corrected chi connectivity index (χ3v) is 4.39. The lowest BCUT2D eigenvalue weighted by Gasteiger charge is -2.26. The molecule has 25 heavy (non-hydrogen) atoms. The molecule has 1 aliphatic heterocycles. The van der Waals surface area contributed by atoms with E-state index in [-0.39, 0.29) is 6.61 Å². The summed E-state index contributed by atoms with van der Waals surface area (Å²) in [5, 5.41) is 8.85. The number of aliphatic hydroxyl groups is 1. The molecule has 2 rings (SSSR count). The van der Waals surface area contributed by atoms with Gasteiger partial charge in [-0.25, -0.2) is 0 Å². The maximum atomic E-state index is 8.85. The van der Waals surface area contributed by atoms with Gasteiger partial charge in [-0.3, -0.25) is 0 Å². The molecule has 0 radical (unpaired) electrons. The summed E-state index contributed by atoms with van der Waals surface area (Å²) in [5.74, 6) is 0.924. The molecule has 1 fully saturated rings. The number of benzene rings is 1. The van der Waals surface area contributed by atoms with E-state index in [1.807, 2.05) is 37.3 Å². The summed E-state index contributed by atoms with van der Waals surface area (Å²) in [6.07, 6.45) is 14.8. The second-order valence-corrected chi connectivity index (χ2v) is 6.36. The van der Waals surface area contributed by atoms with E-state index in [0.29, 0.717) is 0 Å². The van der Waals surface area contributed by atoms with Crippen molar-refractivity contribution in [1.82, 2.24) is 4.90 Å². The lowest BCUT2D eigenvalue weighted by atomic mass is 10.0. The number of hydrogen-bond acceptors (Lipinski definition) is 3.